The highest BCUT2D eigenvalue weighted by atomic mass is 35.5. The Morgan fingerprint density at radius 1 is 1.50 bits per heavy atom. The van der Waals surface area contributed by atoms with Crippen molar-refractivity contribution < 1.29 is 4.79 Å². The van der Waals surface area contributed by atoms with Crippen molar-refractivity contribution in [3.8, 4) is 0 Å². The number of hydrogen-bond donors (Lipinski definition) is 1. The van der Waals surface area contributed by atoms with Gasteiger partial charge >= 0.3 is 0 Å². The number of thioether (sulfide) groups is 1. The minimum absolute atomic E-state index is 0.0986. The van der Waals surface area contributed by atoms with Crippen LogP contribution in [0.4, 0.5) is 0 Å². The second-order valence-corrected chi connectivity index (χ2v) is 5.07. The molecule has 0 saturated heterocycles. The third-order valence-electron chi connectivity index (χ3n) is 2.18. The SMILES string of the molecule is CSC[C@H](C)CNC(=O)c1ccccc1Cl. The highest BCUT2D eigenvalue weighted by molar-refractivity contribution is 7.98. The smallest absolute Gasteiger partial charge is 0.252 e. The molecule has 88 valence electrons. The van der Waals surface area contributed by atoms with Crippen LogP contribution in [0.5, 0.6) is 0 Å². The van der Waals surface area contributed by atoms with Gasteiger partial charge in [-0.25, -0.2) is 0 Å². The summed E-state index contributed by atoms with van der Waals surface area (Å²) < 4.78 is 0. The van der Waals surface area contributed by atoms with E-state index in [4.69, 9.17) is 11.6 Å². The molecule has 1 amide bonds. The van der Waals surface area contributed by atoms with Crippen LogP contribution < -0.4 is 5.32 Å². The molecule has 0 saturated carbocycles. The Morgan fingerprint density at radius 3 is 2.81 bits per heavy atom. The Morgan fingerprint density at radius 2 is 2.19 bits per heavy atom. The van der Waals surface area contributed by atoms with Gasteiger partial charge in [-0.05, 0) is 30.1 Å². The van der Waals surface area contributed by atoms with Crippen LogP contribution in [0, 0.1) is 5.92 Å². The predicted molar refractivity (Wildman–Crippen MR) is 71.3 cm³/mol. The molecule has 0 radical (unpaired) electrons. The Bertz CT molecular complexity index is 357. The fourth-order valence-electron chi connectivity index (χ4n) is 1.35. The van der Waals surface area contributed by atoms with Crippen molar-refractivity contribution in [2.75, 3.05) is 18.6 Å². The molecule has 1 aromatic carbocycles. The molecule has 0 unspecified atom stereocenters. The van der Waals surface area contributed by atoms with E-state index in [0.717, 1.165) is 5.75 Å². The van der Waals surface area contributed by atoms with Crippen LogP contribution in [-0.2, 0) is 0 Å². The molecule has 0 aliphatic carbocycles. The Balaban J connectivity index is 2.50. The molecule has 1 atom stereocenters. The van der Waals surface area contributed by atoms with E-state index in [0.29, 0.717) is 23.0 Å². The second kappa shape index (κ2) is 6.81. The molecule has 1 rings (SSSR count). The summed E-state index contributed by atoms with van der Waals surface area (Å²) in [5.74, 6) is 1.42. The molecule has 0 aromatic heterocycles. The second-order valence-electron chi connectivity index (χ2n) is 3.75. The standard InChI is InChI=1S/C12H16ClNOS/c1-9(8-16-2)7-14-12(15)10-5-3-4-6-11(10)13/h3-6,9H,7-8H2,1-2H3,(H,14,15)/t9-/m1/s1. The lowest BCUT2D eigenvalue weighted by atomic mass is 10.2. The zero-order valence-corrected chi connectivity index (χ0v) is 11.1. The number of carbonyl (C=O) groups excluding carboxylic acids is 1. The summed E-state index contributed by atoms with van der Waals surface area (Å²) in [6, 6.07) is 7.08. The van der Waals surface area contributed by atoms with Gasteiger partial charge in [0.25, 0.3) is 5.91 Å². The van der Waals surface area contributed by atoms with Crippen molar-refractivity contribution in [1.29, 1.82) is 0 Å². The van der Waals surface area contributed by atoms with Gasteiger partial charge in [0.15, 0.2) is 0 Å². The Hall–Kier alpha value is -0.670. The highest BCUT2D eigenvalue weighted by Crippen LogP contribution is 2.14. The molecule has 2 nitrogen and oxygen atoms in total. The van der Waals surface area contributed by atoms with Gasteiger partial charge in [0.1, 0.15) is 0 Å². The first-order valence-corrected chi connectivity index (χ1v) is 6.94. The van der Waals surface area contributed by atoms with Crippen molar-refractivity contribution >= 4 is 29.3 Å². The number of carbonyl (C=O) groups is 1. The number of rotatable bonds is 5. The minimum atomic E-state index is -0.0986. The summed E-state index contributed by atoms with van der Waals surface area (Å²) in [7, 11) is 0. The fraction of sp³-hybridized carbons (Fsp3) is 0.417. The summed E-state index contributed by atoms with van der Waals surface area (Å²) in [4.78, 5) is 11.8. The van der Waals surface area contributed by atoms with Crippen molar-refractivity contribution in [3.05, 3.63) is 34.9 Å². The maximum atomic E-state index is 11.8. The molecule has 0 heterocycles. The topological polar surface area (TPSA) is 29.1 Å². The van der Waals surface area contributed by atoms with Crippen LogP contribution in [0.15, 0.2) is 24.3 Å². The van der Waals surface area contributed by atoms with Crippen LogP contribution in [0.3, 0.4) is 0 Å². The summed E-state index contributed by atoms with van der Waals surface area (Å²) in [5, 5.41) is 3.39. The highest BCUT2D eigenvalue weighted by Gasteiger charge is 2.10. The van der Waals surface area contributed by atoms with Crippen molar-refractivity contribution in [2.24, 2.45) is 5.92 Å². The van der Waals surface area contributed by atoms with E-state index in [9.17, 15) is 4.79 Å². The average molecular weight is 258 g/mol. The first-order valence-electron chi connectivity index (χ1n) is 5.16. The summed E-state index contributed by atoms with van der Waals surface area (Å²) >= 11 is 7.71. The molecule has 1 aromatic rings. The molecule has 1 N–H and O–H groups in total. The third kappa shape index (κ3) is 4.06. The quantitative estimate of drug-likeness (QED) is 0.878. The van der Waals surface area contributed by atoms with Crippen LogP contribution in [0.1, 0.15) is 17.3 Å². The lowest BCUT2D eigenvalue weighted by Gasteiger charge is -2.11. The van der Waals surface area contributed by atoms with E-state index < -0.39 is 0 Å². The normalized spacial score (nSPS) is 12.2. The Labute approximate surface area is 106 Å². The fourth-order valence-corrected chi connectivity index (χ4v) is 2.26. The van der Waals surface area contributed by atoms with Crippen LogP contribution in [0.2, 0.25) is 5.02 Å². The molecule has 4 heteroatoms. The minimum Gasteiger partial charge on any atom is -0.352 e. The van der Waals surface area contributed by atoms with Crippen molar-refractivity contribution in [3.63, 3.8) is 0 Å². The van der Waals surface area contributed by atoms with E-state index in [-0.39, 0.29) is 5.91 Å². The maximum absolute atomic E-state index is 11.8. The zero-order chi connectivity index (χ0) is 12.0. The third-order valence-corrected chi connectivity index (χ3v) is 3.41. The van der Waals surface area contributed by atoms with Gasteiger partial charge in [0, 0.05) is 6.54 Å². The van der Waals surface area contributed by atoms with Gasteiger partial charge in [0.05, 0.1) is 10.6 Å². The van der Waals surface area contributed by atoms with Crippen molar-refractivity contribution in [1.82, 2.24) is 5.32 Å². The number of benzene rings is 1. The van der Waals surface area contributed by atoms with Crippen LogP contribution >= 0.6 is 23.4 Å². The molecule has 0 spiro atoms. The van der Waals surface area contributed by atoms with E-state index >= 15 is 0 Å². The Kier molecular flexibility index (Phi) is 5.71. The van der Waals surface area contributed by atoms with Gasteiger partial charge in [-0.15, -0.1) is 0 Å². The largest absolute Gasteiger partial charge is 0.352 e. The van der Waals surface area contributed by atoms with E-state index in [2.05, 4.69) is 18.5 Å². The monoisotopic (exact) mass is 257 g/mol. The van der Waals surface area contributed by atoms with E-state index in [1.54, 1.807) is 23.9 Å². The summed E-state index contributed by atoms with van der Waals surface area (Å²) in [6.07, 6.45) is 2.06. The molecule has 0 fully saturated rings. The molecular weight excluding hydrogens is 242 g/mol. The van der Waals surface area contributed by atoms with Gasteiger partial charge in [-0.2, -0.15) is 11.8 Å². The van der Waals surface area contributed by atoms with Crippen LogP contribution in [0.25, 0.3) is 0 Å². The van der Waals surface area contributed by atoms with E-state index in [1.165, 1.54) is 0 Å². The predicted octanol–water partition coefficient (Wildman–Crippen LogP) is 3.07. The first kappa shape index (κ1) is 13.4. The van der Waals surface area contributed by atoms with Crippen molar-refractivity contribution in [2.45, 2.75) is 6.92 Å². The van der Waals surface area contributed by atoms with E-state index in [1.807, 2.05) is 12.1 Å². The van der Waals surface area contributed by atoms with Crippen LogP contribution in [-0.4, -0.2) is 24.5 Å². The molecule has 0 bridgehead atoms. The average Bonchev–Trinajstić information content (AvgIpc) is 2.27. The number of halogens is 1. The number of hydrogen-bond acceptors (Lipinski definition) is 2. The molecule has 0 aliphatic heterocycles. The summed E-state index contributed by atoms with van der Waals surface area (Å²) in [5.41, 5.74) is 0.542. The molecule has 0 aliphatic rings. The first-order chi connectivity index (χ1) is 7.65. The lowest BCUT2D eigenvalue weighted by Crippen LogP contribution is -2.29. The molecule has 16 heavy (non-hydrogen) atoms. The lowest BCUT2D eigenvalue weighted by molar-refractivity contribution is 0.0949. The maximum Gasteiger partial charge on any atom is 0.252 e. The number of nitrogens with one attached hydrogen (secondary N) is 1. The van der Waals surface area contributed by atoms with Gasteiger partial charge < -0.3 is 5.32 Å². The summed E-state index contributed by atoms with van der Waals surface area (Å²) in [6.45, 7) is 2.80. The zero-order valence-electron chi connectivity index (χ0n) is 9.50. The molecular formula is C12H16ClNOS. The van der Waals surface area contributed by atoms with Gasteiger partial charge in [0.2, 0.25) is 0 Å². The van der Waals surface area contributed by atoms with Gasteiger partial charge in [-0.1, -0.05) is 30.7 Å². The number of amides is 1. The van der Waals surface area contributed by atoms with Gasteiger partial charge in [-0.3, -0.25) is 4.79 Å².